The fourth-order valence-electron chi connectivity index (χ4n) is 7.62. The standard InChI is InChI=1S/C40H70N2O8/c1-8-11-32(44)23-34-17-15-27(3)37(48-34)24-38(46)42-25-35(45)30(6)39(47)41-21-10-13-36-28(4)18-20-40(50-36)19-9-12-33(49-40)16-14-26(2)22-29(5)31(7)43/h8,11,22,26-28,30-37,43-45H,9-10,12-21,23-25H2,1-7H3,(H,41,47)(H,42,46)/b11-8+,29-22+/t26-,27?,28-,30-,31-,32-,33-,34?,35-,36+,37?,40-/m0/s1. The van der Waals surface area contributed by atoms with Gasteiger partial charge in [0.05, 0.1) is 55.1 Å². The van der Waals surface area contributed by atoms with Crippen LogP contribution >= 0.6 is 0 Å². The molecule has 2 amide bonds. The van der Waals surface area contributed by atoms with Crippen molar-refractivity contribution in [2.24, 2.45) is 23.7 Å². The van der Waals surface area contributed by atoms with Crippen molar-refractivity contribution in [2.45, 2.75) is 180 Å². The summed E-state index contributed by atoms with van der Waals surface area (Å²) < 4.78 is 19.5. The molecule has 0 aromatic heterocycles. The zero-order valence-electron chi connectivity index (χ0n) is 32.1. The van der Waals surface area contributed by atoms with Gasteiger partial charge in [-0.05, 0) is 102 Å². The number of hydrogen-bond acceptors (Lipinski definition) is 8. The molecule has 3 aliphatic heterocycles. The zero-order valence-corrected chi connectivity index (χ0v) is 32.1. The second-order valence-corrected chi connectivity index (χ2v) is 15.8. The van der Waals surface area contributed by atoms with Gasteiger partial charge in [0.15, 0.2) is 5.79 Å². The summed E-state index contributed by atoms with van der Waals surface area (Å²) in [5, 5.41) is 36.3. The van der Waals surface area contributed by atoms with Gasteiger partial charge in [0.2, 0.25) is 11.8 Å². The molecule has 10 heteroatoms. The maximum absolute atomic E-state index is 12.9. The summed E-state index contributed by atoms with van der Waals surface area (Å²) in [6, 6.07) is 0. The Hall–Kier alpha value is -1.82. The normalized spacial score (nSPS) is 32.3. The van der Waals surface area contributed by atoms with Gasteiger partial charge in [-0.2, -0.15) is 0 Å². The van der Waals surface area contributed by atoms with Crippen LogP contribution in [0.4, 0.5) is 0 Å². The third-order valence-electron chi connectivity index (χ3n) is 11.3. The average molecular weight is 707 g/mol. The highest BCUT2D eigenvalue weighted by molar-refractivity contribution is 5.79. The first-order valence-electron chi connectivity index (χ1n) is 19.6. The van der Waals surface area contributed by atoms with E-state index in [1.165, 1.54) is 0 Å². The van der Waals surface area contributed by atoms with Gasteiger partial charge in [-0.3, -0.25) is 9.59 Å². The van der Waals surface area contributed by atoms with Gasteiger partial charge in [-0.25, -0.2) is 0 Å². The molecule has 3 aliphatic rings. The number of allylic oxidation sites excluding steroid dienone is 2. The van der Waals surface area contributed by atoms with Crippen molar-refractivity contribution in [3.05, 3.63) is 23.8 Å². The minimum atomic E-state index is -1.01. The van der Waals surface area contributed by atoms with Gasteiger partial charge < -0.3 is 40.2 Å². The van der Waals surface area contributed by atoms with Crippen LogP contribution in [-0.4, -0.2) is 88.7 Å². The Morgan fingerprint density at radius 1 is 0.920 bits per heavy atom. The van der Waals surface area contributed by atoms with Crippen LogP contribution < -0.4 is 10.6 Å². The number of aliphatic hydroxyl groups is 3. The first-order chi connectivity index (χ1) is 23.7. The van der Waals surface area contributed by atoms with E-state index < -0.39 is 30.0 Å². The van der Waals surface area contributed by atoms with Crippen LogP contribution in [0.2, 0.25) is 0 Å². The van der Waals surface area contributed by atoms with Crippen LogP contribution in [0.15, 0.2) is 23.8 Å². The lowest BCUT2D eigenvalue weighted by atomic mass is 9.85. The number of amides is 2. The molecule has 3 unspecified atom stereocenters. The van der Waals surface area contributed by atoms with E-state index in [0.717, 1.165) is 76.2 Å². The molecule has 50 heavy (non-hydrogen) atoms. The Bertz CT molecular complexity index is 1100. The number of ether oxygens (including phenoxy) is 3. The van der Waals surface area contributed by atoms with Crippen LogP contribution in [0.1, 0.15) is 132 Å². The van der Waals surface area contributed by atoms with Crippen molar-refractivity contribution >= 4 is 11.8 Å². The molecule has 0 radical (unpaired) electrons. The Morgan fingerprint density at radius 3 is 2.38 bits per heavy atom. The molecule has 3 saturated heterocycles. The van der Waals surface area contributed by atoms with Crippen molar-refractivity contribution in [3.63, 3.8) is 0 Å². The van der Waals surface area contributed by atoms with E-state index in [4.69, 9.17) is 14.2 Å². The average Bonchev–Trinajstić information content (AvgIpc) is 3.07. The molecule has 0 aromatic carbocycles. The fraction of sp³-hybridized carbons (Fsp3) is 0.850. The first kappa shape index (κ1) is 42.6. The SMILES string of the molecule is C/C=C/[C@H](O)CC1CCC(C)C(CC(=O)NC[C@H](O)[C@H](C)C(=O)NCCC[C@H]2O[C@@]3(CCC[C@@H](CC[C@H](C)/C=C(\C)[C@H](C)O)O3)CC[C@@H]2C)O1. The van der Waals surface area contributed by atoms with E-state index in [0.29, 0.717) is 24.8 Å². The number of hydrogen-bond donors (Lipinski definition) is 5. The Labute approximate surface area is 302 Å². The molecule has 3 rings (SSSR count). The fourth-order valence-corrected chi connectivity index (χ4v) is 7.62. The number of carbonyl (C=O) groups excluding carboxylic acids is 2. The molecular formula is C40H70N2O8. The smallest absolute Gasteiger partial charge is 0.225 e. The second-order valence-electron chi connectivity index (χ2n) is 15.8. The van der Waals surface area contributed by atoms with Crippen molar-refractivity contribution in [3.8, 4) is 0 Å². The molecule has 1 spiro atoms. The lowest BCUT2D eigenvalue weighted by molar-refractivity contribution is -0.324. The molecule has 3 heterocycles. The summed E-state index contributed by atoms with van der Waals surface area (Å²) in [7, 11) is 0. The van der Waals surface area contributed by atoms with E-state index in [1.54, 1.807) is 19.9 Å². The zero-order chi connectivity index (χ0) is 36.8. The lowest BCUT2D eigenvalue weighted by Crippen LogP contribution is -2.50. The van der Waals surface area contributed by atoms with E-state index >= 15 is 0 Å². The first-order valence-corrected chi connectivity index (χ1v) is 19.6. The molecule has 0 aliphatic carbocycles. The van der Waals surface area contributed by atoms with E-state index in [1.807, 2.05) is 19.9 Å². The third-order valence-corrected chi connectivity index (χ3v) is 11.3. The molecule has 12 atom stereocenters. The Morgan fingerprint density at radius 2 is 1.66 bits per heavy atom. The highest BCUT2D eigenvalue weighted by atomic mass is 16.7. The Kier molecular flexibility index (Phi) is 17.9. The summed E-state index contributed by atoms with van der Waals surface area (Å²) in [6.45, 7) is 14.3. The summed E-state index contributed by atoms with van der Waals surface area (Å²) >= 11 is 0. The van der Waals surface area contributed by atoms with Crippen molar-refractivity contribution in [2.75, 3.05) is 13.1 Å². The van der Waals surface area contributed by atoms with Crippen LogP contribution in [0.5, 0.6) is 0 Å². The van der Waals surface area contributed by atoms with Gasteiger partial charge in [-0.1, -0.05) is 45.9 Å². The van der Waals surface area contributed by atoms with Gasteiger partial charge in [0, 0.05) is 32.4 Å². The summed E-state index contributed by atoms with van der Waals surface area (Å²) in [5.41, 5.74) is 1.01. The van der Waals surface area contributed by atoms with Crippen molar-refractivity contribution in [1.29, 1.82) is 0 Å². The number of nitrogens with one attached hydrogen (secondary N) is 2. The predicted molar refractivity (Wildman–Crippen MR) is 196 cm³/mol. The second kappa shape index (κ2) is 21.0. The minimum absolute atomic E-state index is 0.00835. The molecule has 5 N–H and O–H groups in total. The third kappa shape index (κ3) is 14.0. The largest absolute Gasteiger partial charge is 0.390 e. The molecule has 0 aromatic rings. The number of rotatable bonds is 18. The van der Waals surface area contributed by atoms with Gasteiger partial charge in [-0.15, -0.1) is 0 Å². The van der Waals surface area contributed by atoms with Gasteiger partial charge in [0.1, 0.15) is 0 Å². The Balaban J connectivity index is 1.36. The van der Waals surface area contributed by atoms with Crippen LogP contribution in [0.25, 0.3) is 0 Å². The summed E-state index contributed by atoms with van der Waals surface area (Å²) in [5.74, 6) is -0.623. The van der Waals surface area contributed by atoms with Gasteiger partial charge >= 0.3 is 0 Å². The van der Waals surface area contributed by atoms with E-state index in [-0.39, 0.29) is 55.1 Å². The van der Waals surface area contributed by atoms with Crippen LogP contribution in [0, 0.1) is 23.7 Å². The van der Waals surface area contributed by atoms with Crippen molar-refractivity contribution in [1.82, 2.24) is 10.6 Å². The molecule has 288 valence electrons. The molecule has 3 fully saturated rings. The molecular weight excluding hydrogens is 636 g/mol. The minimum Gasteiger partial charge on any atom is -0.390 e. The van der Waals surface area contributed by atoms with Crippen molar-refractivity contribution < 1.29 is 39.1 Å². The van der Waals surface area contributed by atoms with Crippen LogP contribution in [0.3, 0.4) is 0 Å². The highest BCUT2D eigenvalue weighted by Crippen LogP contribution is 2.43. The highest BCUT2D eigenvalue weighted by Gasteiger charge is 2.44. The number of aliphatic hydroxyl groups excluding tert-OH is 3. The number of carbonyl (C=O) groups is 2. The van der Waals surface area contributed by atoms with E-state index in [2.05, 4.69) is 37.5 Å². The monoisotopic (exact) mass is 707 g/mol. The summed E-state index contributed by atoms with van der Waals surface area (Å²) in [6.07, 6.45) is 14.7. The maximum atomic E-state index is 12.9. The van der Waals surface area contributed by atoms with Gasteiger partial charge in [0.25, 0.3) is 0 Å². The molecule has 0 bridgehead atoms. The predicted octanol–water partition coefficient (Wildman–Crippen LogP) is 5.72. The maximum Gasteiger partial charge on any atom is 0.225 e. The molecule has 0 saturated carbocycles. The summed E-state index contributed by atoms with van der Waals surface area (Å²) in [4.78, 5) is 25.6. The van der Waals surface area contributed by atoms with Crippen LogP contribution in [-0.2, 0) is 23.8 Å². The topological polar surface area (TPSA) is 147 Å². The molecule has 10 nitrogen and oxygen atoms in total. The lowest BCUT2D eigenvalue weighted by Gasteiger charge is -2.48. The van der Waals surface area contributed by atoms with E-state index in [9.17, 15) is 24.9 Å². The quantitative estimate of drug-likeness (QED) is 0.0899.